The lowest BCUT2D eigenvalue weighted by Crippen LogP contribution is -2.27. The highest BCUT2D eigenvalue weighted by Gasteiger charge is 2.16. The molecule has 16 heavy (non-hydrogen) atoms. The fraction of sp³-hybridized carbons (Fsp3) is 0.455. The molecule has 0 atom stereocenters. The molecule has 1 rings (SSSR count). The van der Waals surface area contributed by atoms with Gasteiger partial charge in [0.05, 0.1) is 18.5 Å². The van der Waals surface area contributed by atoms with Gasteiger partial charge in [0.25, 0.3) is 0 Å². The van der Waals surface area contributed by atoms with Gasteiger partial charge < -0.3 is 9.84 Å². The Kier molecular flexibility index (Phi) is 3.84. The maximum Gasteiger partial charge on any atom is 0.412 e. The number of aliphatic hydroxyl groups excluding tert-OH is 1. The second-order valence-electron chi connectivity index (χ2n) is 4.37. The number of pyridine rings is 1. The van der Waals surface area contributed by atoms with Crippen molar-refractivity contribution in [2.45, 2.75) is 33.0 Å². The Bertz CT molecular complexity index is 372. The monoisotopic (exact) mass is 224 g/mol. The predicted molar refractivity (Wildman–Crippen MR) is 60.0 cm³/mol. The van der Waals surface area contributed by atoms with Crippen molar-refractivity contribution < 1.29 is 14.6 Å². The molecule has 0 bridgehead atoms. The number of hydrogen-bond donors (Lipinski definition) is 2. The van der Waals surface area contributed by atoms with E-state index in [4.69, 9.17) is 9.84 Å². The Hall–Kier alpha value is -1.62. The smallest absolute Gasteiger partial charge is 0.412 e. The zero-order valence-corrected chi connectivity index (χ0v) is 9.65. The summed E-state index contributed by atoms with van der Waals surface area (Å²) in [6.07, 6.45) is 2.48. The number of hydrogen-bond acceptors (Lipinski definition) is 4. The summed E-state index contributed by atoms with van der Waals surface area (Å²) in [7, 11) is 0. The van der Waals surface area contributed by atoms with Crippen LogP contribution in [0.3, 0.4) is 0 Å². The van der Waals surface area contributed by atoms with Gasteiger partial charge in [-0.05, 0) is 32.4 Å². The van der Waals surface area contributed by atoms with Crippen molar-refractivity contribution in [3.8, 4) is 0 Å². The van der Waals surface area contributed by atoms with Crippen LogP contribution in [0.2, 0.25) is 0 Å². The first-order valence-electron chi connectivity index (χ1n) is 4.95. The normalized spacial score (nSPS) is 11.0. The maximum absolute atomic E-state index is 11.4. The topological polar surface area (TPSA) is 71.5 Å². The van der Waals surface area contributed by atoms with E-state index in [1.807, 2.05) is 0 Å². The molecule has 1 amide bonds. The lowest BCUT2D eigenvalue weighted by molar-refractivity contribution is 0.0636. The number of carbonyl (C=O) groups is 1. The van der Waals surface area contributed by atoms with Crippen molar-refractivity contribution in [2.75, 3.05) is 5.32 Å². The Morgan fingerprint density at radius 1 is 1.50 bits per heavy atom. The highest BCUT2D eigenvalue weighted by molar-refractivity contribution is 5.84. The molecule has 2 N–H and O–H groups in total. The third-order valence-electron chi connectivity index (χ3n) is 1.62. The average molecular weight is 224 g/mol. The van der Waals surface area contributed by atoms with E-state index in [-0.39, 0.29) is 6.61 Å². The van der Waals surface area contributed by atoms with E-state index in [0.717, 1.165) is 0 Å². The van der Waals surface area contributed by atoms with Gasteiger partial charge in [-0.2, -0.15) is 0 Å². The van der Waals surface area contributed by atoms with Crippen molar-refractivity contribution in [3.63, 3.8) is 0 Å². The molecule has 1 aromatic rings. The molecule has 0 aliphatic rings. The summed E-state index contributed by atoms with van der Waals surface area (Å²) in [6, 6.07) is 1.64. The van der Waals surface area contributed by atoms with Crippen LogP contribution in [0, 0.1) is 0 Å². The van der Waals surface area contributed by atoms with Crippen molar-refractivity contribution in [1.82, 2.24) is 4.98 Å². The first-order chi connectivity index (χ1) is 7.40. The maximum atomic E-state index is 11.4. The van der Waals surface area contributed by atoms with E-state index in [9.17, 15) is 4.79 Å². The first kappa shape index (κ1) is 12.4. The van der Waals surface area contributed by atoms with Crippen LogP contribution in [-0.4, -0.2) is 21.8 Å². The summed E-state index contributed by atoms with van der Waals surface area (Å²) in [5.41, 5.74) is 0.598. The summed E-state index contributed by atoms with van der Waals surface area (Å²) in [4.78, 5) is 15.3. The number of amides is 1. The molecule has 0 saturated heterocycles. The fourth-order valence-corrected chi connectivity index (χ4v) is 1.06. The minimum atomic E-state index is -0.538. The molecule has 0 fully saturated rings. The summed E-state index contributed by atoms with van der Waals surface area (Å²) in [5, 5.41) is 11.4. The predicted octanol–water partition coefficient (Wildman–Crippen LogP) is 1.92. The number of nitrogens with zero attached hydrogens (tertiary/aromatic N) is 1. The average Bonchev–Trinajstić information content (AvgIpc) is 2.15. The minimum absolute atomic E-state index is 0.114. The lowest BCUT2D eigenvalue weighted by atomic mass is 10.2. The second-order valence-corrected chi connectivity index (χ2v) is 4.37. The molecule has 1 aromatic heterocycles. The molecular weight excluding hydrogens is 208 g/mol. The highest BCUT2D eigenvalue weighted by Crippen LogP contribution is 2.12. The summed E-state index contributed by atoms with van der Waals surface area (Å²) < 4.78 is 5.07. The van der Waals surface area contributed by atoms with Gasteiger partial charge in [0.1, 0.15) is 5.60 Å². The van der Waals surface area contributed by atoms with Crippen LogP contribution in [0.15, 0.2) is 18.5 Å². The first-order valence-corrected chi connectivity index (χ1v) is 4.95. The van der Waals surface area contributed by atoms with E-state index in [1.54, 1.807) is 26.8 Å². The number of aromatic nitrogens is 1. The summed E-state index contributed by atoms with van der Waals surface area (Å²) >= 11 is 0. The third kappa shape index (κ3) is 4.27. The SMILES string of the molecule is CC(C)(C)OC(=O)Nc1cncc(CO)c1. The van der Waals surface area contributed by atoms with E-state index in [0.29, 0.717) is 11.3 Å². The van der Waals surface area contributed by atoms with Crippen LogP contribution in [0.25, 0.3) is 0 Å². The van der Waals surface area contributed by atoms with Crippen molar-refractivity contribution >= 4 is 11.8 Å². The van der Waals surface area contributed by atoms with E-state index < -0.39 is 11.7 Å². The van der Waals surface area contributed by atoms with Crippen LogP contribution >= 0.6 is 0 Å². The van der Waals surface area contributed by atoms with Crippen molar-refractivity contribution in [3.05, 3.63) is 24.0 Å². The van der Waals surface area contributed by atoms with Gasteiger partial charge in [0.2, 0.25) is 0 Å². The molecule has 0 aliphatic heterocycles. The molecular formula is C11H16N2O3. The Morgan fingerprint density at radius 2 is 2.19 bits per heavy atom. The molecule has 0 saturated carbocycles. The van der Waals surface area contributed by atoms with Crippen LogP contribution in [0.5, 0.6) is 0 Å². The number of rotatable bonds is 2. The van der Waals surface area contributed by atoms with Gasteiger partial charge in [0, 0.05) is 6.20 Å². The number of ether oxygens (including phenoxy) is 1. The Labute approximate surface area is 94.5 Å². The quantitative estimate of drug-likeness (QED) is 0.805. The number of aliphatic hydroxyl groups is 1. The van der Waals surface area contributed by atoms with Gasteiger partial charge in [-0.1, -0.05) is 0 Å². The standard InChI is InChI=1S/C11H16N2O3/c1-11(2,3)16-10(15)13-9-4-8(7-14)5-12-6-9/h4-6,14H,7H2,1-3H3,(H,13,15). The van der Waals surface area contributed by atoms with Gasteiger partial charge in [0.15, 0.2) is 0 Å². The largest absolute Gasteiger partial charge is 0.444 e. The van der Waals surface area contributed by atoms with Crippen molar-refractivity contribution in [1.29, 1.82) is 0 Å². The van der Waals surface area contributed by atoms with Crippen LogP contribution in [0.4, 0.5) is 10.5 Å². The number of nitrogens with one attached hydrogen (secondary N) is 1. The third-order valence-corrected chi connectivity index (χ3v) is 1.62. The fourth-order valence-electron chi connectivity index (χ4n) is 1.06. The molecule has 0 aromatic carbocycles. The second kappa shape index (κ2) is 4.94. The van der Waals surface area contributed by atoms with Gasteiger partial charge in [-0.3, -0.25) is 10.3 Å². The molecule has 0 aliphatic carbocycles. The Balaban J connectivity index is 2.62. The lowest BCUT2D eigenvalue weighted by Gasteiger charge is -2.19. The van der Waals surface area contributed by atoms with E-state index >= 15 is 0 Å². The zero-order chi connectivity index (χ0) is 12.2. The molecule has 88 valence electrons. The molecule has 0 unspecified atom stereocenters. The molecule has 0 radical (unpaired) electrons. The molecule has 5 heteroatoms. The van der Waals surface area contributed by atoms with E-state index in [2.05, 4.69) is 10.3 Å². The summed E-state index contributed by atoms with van der Waals surface area (Å²) in [6.45, 7) is 5.25. The zero-order valence-electron chi connectivity index (χ0n) is 9.65. The minimum Gasteiger partial charge on any atom is -0.444 e. The number of carbonyl (C=O) groups excluding carboxylic acids is 1. The molecule has 5 nitrogen and oxygen atoms in total. The molecule has 1 heterocycles. The van der Waals surface area contributed by atoms with Gasteiger partial charge in [-0.25, -0.2) is 4.79 Å². The highest BCUT2D eigenvalue weighted by atomic mass is 16.6. The van der Waals surface area contributed by atoms with Gasteiger partial charge >= 0.3 is 6.09 Å². The van der Waals surface area contributed by atoms with Crippen LogP contribution in [-0.2, 0) is 11.3 Å². The van der Waals surface area contributed by atoms with Gasteiger partial charge in [-0.15, -0.1) is 0 Å². The molecule has 0 spiro atoms. The Morgan fingerprint density at radius 3 is 2.75 bits per heavy atom. The van der Waals surface area contributed by atoms with E-state index in [1.165, 1.54) is 12.4 Å². The number of anilines is 1. The summed E-state index contributed by atoms with van der Waals surface area (Å²) in [5.74, 6) is 0. The van der Waals surface area contributed by atoms with Crippen LogP contribution in [0.1, 0.15) is 26.3 Å². The van der Waals surface area contributed by atoms with Crippen molar-refractivity contribution in [2.24, 2.45) is 0 Å². The van der Waals surface area contributed by atoms with Crippen LogP contribution < -0.4 is 5.32 Å².